The molecule has 0 unspecified atom stereocenters. The normalized spacial score (nSPS) is 18.5. The van der Waals surface area contributed by atoms with Gasteiger partial charge in [-0.15, -0.1) is 0 Å². The Kier molecular flexibility index (Phi) is 5.70. The first kappa shape index (κ1) is 16.8. The molecule has 0 aliphatic heterocycles. The van der Waals surface area contributed by atoms with E-state index in [1.807, 2.05) is 20.2 Å². The zero-order valence-electron chi connectivity index (χ0n) is 12.8. The van der Waals surface area contributed by atoms with Crippen molar-refractivity contribution in [2.24, 2.45) is 0 Å². The number of carbonyl (C=O) groups is 1. The molecule has 0 spiro atoms. The maximum Gasteiger partial charge on any atom is 0.157 e. The number of nitrogens with zero attached hydrogens (tertiary/aromatic N) is 1. The summed E-state index contributed by atoms with van der Waals surface area (Å²) in [5, 5.41) is 1.16. The molecule has 0 N–H and O–H groups in total. The zero-order chi connectivity index (χ0) is 15.5. The van der Waals surface area contributed by atoms with Gasteiger partial charge < -0.3 is 0 Å². The summed E-state index contributed by atoms with van der Waals surface area (Å²) in [6.07, 6.45) is 6.84. The van der Waals surface area contributed by atoms with Gasteiger partial charge in [0.15, 0.2) is 5.78 Å². The molecule has 0 radical (unpaired) electrons. The summed E-state index contributed by atoms with van der Waals surface area (Å²) in [4.78, 5) is 15.1. The van der Waals surface area contributed by atoms with Crippen molar-refractivity contribution in [1.82, 2.24) is 4.90 Å². The van der Waals surface area contributed by atoms with Gasteiger partial charge in [-0.3, -0.25) is 9.69 Å². The van der Waals surface area contributed by atoms with E-state index in [9.17, 15) is 4.79 Å². The molecule has 0 atom stereocenters. The monoisotopic (exact) mass is 327 g/mol. The number of halogens is 2. The minimum Gasteiger partial charge on any atom is -0.297 e. The fourth-order valence-corrected chi connectivity index (χ4v) is 3.85. The van der Waals surface area contributed by atoms with Crippen LogP contribution in [0.2, 0.25) is 10.0 Å². The van der Waals surface area contributed by atoms with Crippen molar-refractivity contribution in [3.8, 4) is 0 Å². The fourth-order valence-electron chi connectivity index (χ4n) is 3.32. The summed E-state index contributed by atoms with van der Waals surface area (Å²) in [5.41, 5.74) is 0.398. The van der Waals surface area contributed by atoms with Gasteiger partial charge in [-0.25, -0.2) is 0 Å². The molecule has 0 heterocycles. The molecular weight excluding hydrogens is 305 g/mol. The van der Waals surface area contributed by atoms with E-state index in [-0.39, 0.29) is 11.3 Å². The van der Waals surface area contributed by atoms with Gasteiger partial charge in [-0.05, 0) is 44.6 Å². The number of hydrogen-bond acceptors (Lipinski definition) is 2. The minimum atomic E-state index is -0.362. The molecule has 21 heavy (non-hydrogen) atoms. The van der Waals surface area contributed by atoms with Gasteiger partial charge in [-0.1, -0.05) is 55.0 Å². The van der Waals surface area contributed by atoms with Crippen molar-refractivity contribution in [1.29, 1.82) is 0 Å². The second-order valence-corrected chi connectivity index (χ2v) is 6.95. The number of benzene rings is 1. The molecule has 0 aromatic heterocycles. The highest BCUT2D eigenvalue weighted by Gasteiger charge is 2.40. The summed E-state index contributed by atoms with van der Waals surface area (Å²) in [6, 6.07) is 5.41. The van der Waals surface area contributed by atoms with Crippen LogP contribution in [-0.2, 0) is 11.2 Å². The molecule has 2 rings (SSSR count). The summed E-state index contributed by atoms with van der Waals surface area (Å²) in [5.74, 6) is 0.240. The van der Waals surface area contributed by atoms with Crippen molar-refractivity contribution in [2.45, 2.75) is 50.5 Å². The predicted octanol–water partition coefficient (Wildman–Crippen LogP) is 4.76. The highest BCUT2D eigenvalue weighted by atomic mass is 35.5. The van der Waals surface area contributed by atoms with E-state index in [1.54, 1.807) is 12.1 Å². The van der Waals surface area contributed by atoms with Crippen LogP contribution in [0.25, 0.3) is 0 Å². The predicted molar refractivity (Wildman–Crippen MR) is 89.3 cm³/mol. The number of ketones is 1. The number of Topliss-reactive ketones (excluding diaryl/α,β-unsaturated/α-hetero) is 1. The fraction of sp³-hybridized carbons (Fsp3) is 0.588. The Balaban J connectivity index is 2.27. The SMILES string of the molecule is CN(C)C1(C(=O)Cc2c(Cl)cccc2Cl)CCCCCC1. The van der Waals surface area contributed by atoms with E-state index in [0.29, 0.717) is 16.5 Å². The second-order valence-electron chi connectivity index (χ2n) is 6.14. The van der Waals surface area contributed by atoms with Gasteiger partial charge in [0, 0.05) is 16.5 Å². The van der Waals surface area contributed by atoms with Gasteiger partial charge in [-0.2, -0.15) is 0 Å². The average molecular weight is 328 g/mol. The molecule has 2 nitrogen and oxygen atoms in total. The molecule has 1 aliphatic rings. The van der Waals surface area contributed by atoms with Gasteiger partial charge in [0.25, 0.3) is 0 Å². The van der Waals surface area contributed by atoms with Crippen LogP contribution in [0.5, 0.6) is 0 Å². The van der Waals surface area contributed by atoms with Crippen LogP contribution in [0.1, 0.15) is 44.1 Å². The van der Waals surface area contributed by atoms with E-state index in [0.717, 1.165) is 31.2 Å². The Hall–Kier alpha value is -0.570. The maximum absolute atomic E-state index is 13.0. The first-order valence-corrected chi connectivity index (χ1v) is 8.36. The number of hydrogen-bond donors (Lipinski definition) is 0. The minimum absolute atomic E-state index is 0.240. The van der Waals surface area contributed by atoms with Gasteiger partial charge >= 0.3 is 0 Å². The summed E-state index contributed by atoms with van der Waals surface area (Å²) in [7, 11) is 4.02. The average Bonchev–Trinajstić information content (AvgIpc) is 2.69. The molecule has 1 aliphatic carbocycles. The van der Waals surface area contributed by atoms with Gasteiger partial charge in [0.1, 0.15) is 0 Å². The van der Waals surface area contributed by atoms with Crippen LogP contribution in [0.4, 0.5) is 0 Å². The lowest BCUT2D eigenvalue weighted by molar-refractivity contribution is -0.130. The van der Waals surface area contributed by atoms with Gasteiger partial charge in [0.2, 0.25) is 0 Å². The Morgan fingerprint density at radius 1 is 1.10 bits per heavy atom. The quantitative estimate of drug-likeness (QED) is 0.743. The molecule has 116 valence electrons. The van der Waals surface area contributed by atoms with E-state index >= 15 is 0 Å². The van der Waals surface area contributed by atoms with Crippen LogP contribution in [0.15, 0.2) is 18.2 Å². The van der Waals surface area contributed by atoms with E-state index in [1.165, 1.54) is 12.8 Å². The Morgan fingerprint density at radius 3 is 2.10 bits per heavy atom. The summed E-state index contributed by atoms with van der Waals surface area (Å²) < 4.78 is 0. The molecule has 1 fully saturated rings. The number of likely N-dealkylation sites (N-methyl/N-ethyl adjacent to an activating group) is 1. The van der Waals surface area contributed by atoms with Crippen molar-refractivity contribution in [2.75, 3.05) is 14.1 Å². The largest absolute Gasteiger partial charge is 0.297 e. The first-order valence-electron chi connectivity index (χ1n) is 7.61. The van der Waals surface area contributed by atoms with Crippen LogP contribution in [-0.4, -0.2) is 30.3 Å². The molecule has 0 amide bonds. The summed E-state index contributed by atoms with van der Waals surface area (Å²) >= 11 is 12.4. The van der Waals surface area contributed by atoms with Crippen LogP contribution in [0, 0.1) is 0 Å². The van der Waals surface area contributed by atoms with Crippen molar-refractivity contribution in [3.05, 3.63) is 33.8 Å². The van der Waals surface area contributed by atoms with Crippen molar-refractivity contribution in [3.63, 3.8) is 0 Å². The van der Waals surface area contributed by atoms with E-state index in [2.05, 4.69) is 4.90 Å². The standard InChI is InChI=1S/C17H23Cl2NO/c1-20(2)17(10-5-3-4-6-11-17)16(21)12-13-14(18)8-7-9-15(13)19/h7-9H,3-6,10-12H2,1-2H3. The van der Waals surface area contributed by atoms with E-state index in [4.69, 9.17) is 23.2 Å². The number of carbonyl (C=O) groups excluding carboxylic acids is 1. The molecule has 0 saturated heterocycles. The van der Waals surface area contributed by atoms with Crippen molar-refractivity contribution >= 4 is 29.0 Å². The second kappa shape index (κ2) is 7.13. The Morgan fingerprint density at radius 2 is 1.62 bits per heavy atom. The van der Waals surface area contributed by atoms with Gasteiger partial charge in [0.05, 0.1) is 5.54 Å². The van der Waals surface area contributed by atoms with Crippen LogP contribution in [0.3, 0.4) is 0 Å². The Labute approximate surface area is 137 Å². The lowest BCUT2D eigenvalue weighted by Crippen LogP contribution is -2.51. The van der Waals surface area contributed by atoms with E-state index < -0.39 is 0 Å². The third kappa shape index (κ3) is 3.61. The van der Waals surface area contributed by atoms with Crippen LogP contribution >= 0.6 is 23.2 Å². The molecule has 1 aromatic rings. The molecule has 1 aromatic carbocycles. The zero-order valence-corrected chi connectivity index (χ0v) is 14.3. The lowest BCUT2D eigenvalue weighted by atomic mass is 9.82. The topological polar surface area (TPSA) is 20.3 Å². The third-order valence-electron chi connectivity index (χ3n) is 4.70. The Bertz CT molecular complexity index is 485. The molecular formula is C17H23Cl2NO. The van der Waals surface area contributed by atoms with Crippen LogP contribution < -0.4 is 0 Å². The first-order chi connectivity index (χ1) is 9.97. The molecule has 0 bridgehead atoms. The smallest absolute Gasteiger partial charge is 0.157 e. The highest BCUT2D eigenvalue weighted by Crippen LogP contribution is 2.34. The number of rotatable bonds is 4. The molecule has 4 heteroatoms. The lowest BCUT2D eigenvalue weighted by Gasteiger charge is -2.38. The molecule has 1 saturated carbocycles. The summed E-state index contributed by atoms with van der Waals surface area (Å²) in [6.45, 7) is 0. The maximum atomic E-state index is 13.0. The highest BCUT2D eigenvalue weighted by molar-refractivity contribution is 6.36. The third-order valence-corrected chi connectivity index (χ3v) is 5.41. The van der Waals surface area contributed by atoms with Crippen molar-refractivity contribution < 1.29 is 4.79 Å².